The van der Waals surface area contributed by atoms with Gasteiger partial charge in [-0.05, 0) is 34.4 Å². The lowest BCUT2D eigenvalue weighted by Crippen LogP contribution is -2.27. The number of tetrazole rings is 1. The zero-order valence-corrected chi connectivity index (χ0v) is 11.6. The summed E-state index contributed by atoms with van der Waals surface area (Å²) in [4.78, 5) is 13.2. The van der Waals surface area contributed by atoms with Crippen LogP contribution >= 0.6 is 0 Å². The molecule has 0 amide bonds. The van der Waals surface area contributed by atoms with E-state index >= 15 is 0 Å². The highest BCUT2D eigenvalue weighted by atomic mass is 16.1. The molecular weight excluding hydrogens is 254 g/mol. The summed E-state index contributed by atoms with van der Waals surface area (Å²) >= 11 is 0. The summed E-state index contributed by atoms with van der Waals surface area (Å²) in [5.41, 5.74) is 1.82. The average Bonchev–Trinajstić information content (AvgIpc) is 2.90. The lowest BCUT2D eigenvalue weighted by molar-refractivity contribution is 0.483. The highest BCUT2D eigenvalue weighted by Gasteiger charge is 2.15. The SMILES string of the molecule is CC(C)(C)c1ccc2c(ccc(=O)n2-n2ncnn2)c1. The number of rotatable bonds is 1. The first-order chi connectivity index (χ1) is 9.47. The lowest BCUT2D eigenvalue weighted by Gasteiger charge is -2.19. The van der Waals surface area contributed by atoms with Crippen LogP contribution in [0.1, 0.15) is 26.3 Å². The fraction of sp³-hybridized carbons (Fsp3) is 0.286. The molecule has 0 saturated carbocycles. The van der Waals surface area contributed by atoms with Crippen LogP contribution in [0.5, 0.6) is 0 Å². The van der Waals surface area contributed by atoms with Gasteiger partial charge in [0, 0.05) is 11.5 Å². The average molecular weight is 269 g/mol. The van der Waals surface area contributed by atoms with Crippen molar-refractivity contribution in [2.75, 3.05) is 0 Å². The van der Waals surface area contributed by atoms with Gasteiger partial charge in [0.25, 0.3) is 5.56 Å². The number of fused-ring (bicyclic) bond motifs is 1. The van der Waals surface area contributed by atoms with E-state index in [4.69, 9.17) is 0 Å². The van der Waals surface area contributed by atoms with Gasteiger partial charge in [0.05, 0.1) is 5.52 Å². The summed E-state index contributed by atoms with van der Waals surface area (Å²) in [6.45, 7) is 6.47. The van der Waals surface area contributed by atoms with Crippen LogP contribution in [0.15, 0.2) is 41.5 Å². The summed E-state index contributed by atoms with van der Waals surface area (Å²) in [6, 6.07) is 9.36. The highest BCUT2D eigenvalue weighted by Crippen LogP contribution is 2.25. The maximum atomic E-state index is 12.0. The second-order valence-corrected chi connectivity index (χ2v) is 5.71. The molecule has 6 nitrogen and oxygen atoms in total. The van der Waals surface area contributed by atoms with Crippen LogP contribution in [0, 0.1) is 0 Å². The van der Waals surface area contributed by atoms with Crippen molar-refractivity contribution in [2.45, 2.75) is 26.2 Å². The summed E-state index contributed by atoms with van der Waals surface area (Å²) < 4.78 is 1.40. The normalized spacial score (nSPS) is 11.9. The Labute approximate surface area is 115 Å². The molecule has 0 N–H and O–H groups in total. The monoisotopic (exact) mass is 269 g/mol. The molecule has 3 aromatic rings. The van der Waals surface area contributed by atoms with E-state index in [1.54, 1.807) is 0 Å². The Morgan fingerprint density at radius 3 is 2.55 bits per heavy atom. The van der Waals surface area contributed by atoms with Crippen molar-refractivity contribution < 1.29 is 0 Å². The van der Waals surface area contributed by atoms with E-state index in [2.05, 4.69) is 42.2 Å². The third kappa shape index (κ3) is 1.99. The van der Waals surface area contributed by atoms with Crippen LogP contribution in [0.4, 0.5) is 0 Å². The quantitative estimate of drug-likeness (QED) is 0.673. The fourth-order valence-electron chi connectivity index (χ4n) is 2.14. The summed E-state index contributed by atoms with van der Waals surface area (Å²) in [5.74, 6) is 0. The van der Waals surface area contributed by atoms with Crippen LogP contribution in [0.2, 0.25) is 0 Å². The highest BCUT2D eigenvalue weighted by molar-refractivity contribution is 5.80. The molecule has 0 saturated heterocycles. The number of pyridine rings is 1. The van der Waals surface area contributed by atoms with Crippen LogP contribution < -0.4 is 5.56 Å². The third-order valence-corrected chi connectivity index (χ3v) is 3.25. The molecule has 0 aliphatic carbocycles. The van der Waals surface area contributed by atoms with Gasteiger partial charge >= 0.3 is 0 Å². The molecule has 2 heterocycles. The van der Waals surface area contributed by atoms with E-state index in [-0.39, 0.29) is 11.0 Å². The number of hydrogen-bond donors (Lipinski definition) is 0. The van der Waals surface area contributed by atoms with Crippen molar-refractivity contribution in [3.63, 3.8) is 0 Å². The Hall–Kier alpha value is -2.50. The zero-order valence-electron chi connectivity index (χ0n) is 11.6. The molecule has 0 aliphatic rings. The zero-order chi connectivity index (χ0) is 14.3. The second-order valence-electron chi connectivity index (χ2n) is 5.71. The van der Waals surface area contributed by atoms with Crippen molar-refractivity contribution in [1.29, 1.82) is 0 Å². The standard InChI is InChI=1S/C14H15N5O/c1-14(2,3)11-5-6-12-10(8-11)4-7-13(20)18(12)19-16-9-15-17-19/h4-9H,1-3H3. The van der Waals surface area contributed by atoms with Gasteiger partial charge in [0.1, 0.15) is 0 Å². The molecule has 102 valence electrons. The van der Waals surface area contributed by atoms with Gasteiger partial charge in [0.2, 0.25) is 0 Å². The molecule has 0 radical (unpaired) electrons. The van der Waals surface area contributed by atoms with Crippen LogP contribution in [0.25, 0.3) is 10.9 Å². The minimum Gasteiger partial charge on any atom is -0.267 e. The summed E-state index contributed by atoms with van der Waals surface area (Å²) in [6.07, 6.45) is 1.30. The Kier molecular flexibility index (Phi) is 2.67. The van der Waals surface area contributed by atoms with Crippen molar-refractivity contribution in [2.24, 2.45) is 0 Å². The minimum absolute atomic E-state index is 0.0562. The predicted octanol–water partition coefficient (Wildman–Crippen LogP) is 1.60. The first-order valence-corrected chi connectivity index (χ1v) is 6.37. The van der Waals surface area contributed by atoms with Gasteiger partial charge in [-0.2, -0.15) is 4.68 Å². The third-order valence-electron chi connectivity index (χ3n) is 3.25. The summed E-state index contributed by atoms with van der Waals surface area (Å²) in [5, 5.41) is 12.3. The van der Waals surface area contributed by atoms with Crippen LogP contribution in [-0.2, 0) is 5.41 Å². The first kappa shape index (κ1) is 12.5. The molecule has 3 rings (SSSR count). The Morgan fingerprint density at radius 1 is 1.10 bits per heavy atom. The molecule has 0 unspecified atom stereocenters. The van der Waals surface area contributed by atoms with E-state index in [9.17, 15) is 4.79 Å². The molecule has 0 bridgehead atoms. The molecule has 1 aromatic carbocycles. The molecule has 0 atom stereocenters. The van der Waals surface area contributed by atoms with Crippen molar-refractivity contribution in [3.8, 4) is 0 Å². The molecule has 6 heteroatoms. The maximum Gasteiger partial charge on any atom is 0.272 e. The molecule has 2 aromatic heterocycles. The van der Waals surface area contributed by atoms with Gasteiger partial charge in [-0.1, -0.05) is 31.7 Å². The van der Waals surface area contributed by atoms with E-state index in [1.165, 1.54) is 27.5 Å². The topological polar surface area (TPSA) is 65.6 Å². The maximum absolute atomic E-state index is 12.0. The fourth-order valence-corrected chi connectivity index (χ4v) is 2.14. The first-order valence-electron chi connectivity index (χ1n) is 6.37. The predicted molar refractivity (Wildman–Crippen MR) is 75.5 cm³/mol. The van der Waals surface area contributed by atoms with Crippen LogP contribution in [-0.4, -0.2) is 25.0 Å². The number of benzene rings is 1. The Bertz CT molecular complexity index is 812. The van der Waals surface area contributed by atoms with Gasteiger partial charge in [-0.25, -0.2) is 0 Å². The Balaban J connectivity index is 2.32. The largest absolute Gasteiger partial charge is 0.272 e. The number of nitrogens with zero attached hydrogens (tertiary/aromatic N) is 5. The van der Waals surface area contributed by atoms with Gasteiger partial charge in [-0.3, -0.25) is 4.79 Å². The van der Waals surface area contributed by atoms with Crippen molar-refractivity contribution >= 4 is 10.9 Å². The number of aromatic nitrogens is 5. The van der Waals surface area contributed by atoms with Crippen LogP contribution in [0.3, 0.4) is 0 Å². The summed E-state index contributed by atoms with van der Waals surface area (Å²) in [7, 11) is 0. The number of hydrogen-bond acceptors (Lipinski definition) is 4. The van der Waals surface area contributed by atoms with E-state index in [0.29, 0.717) is 0 Å². The van der Waals surface area contributed by atoms with Crippen molar-refractivity contribution in [3.05, 3.63) is 52.6 Å². The molecule has 20 heavy (non-hydrogen) atoms. The lowest BCUT2D eigenvalue weighted by atomic mass is 9.86. The molecular formula is C14H15N5O. The van der Waals surface area contributed by atoms with Crippen molar-refractivity contribution in [1.82, 2.24) is 25.0 Å². The van der Waals surface area contributed by atoms with Gasteiger partial charge < -0.3 is 0 Å². The second kappa shape index (κ2) is 4.26. The molecule has 0 aliphatic heterocycles. The molecule has 0 spiro atoms. The van der Waals surface area contributed by atoms with Gasteiger partial charge in [-0.15, -0.1) is 10.2 Å². The van der Waals surface area contributed by atoms with Gasteiger partial charge in [0.15, 0.2) is 6.33 Å². The van der Waals surface area contributed by atoms with E-state index in [0.717, 1.165) is 10.9 Å². The smallest absolute Gasteiger partial charge is 0.267 e. The minimum atomic E-state index is -0.195. The van der Waals surface area contributed by atoms with E-state index < -0.39 is 0 Å². The molecule has 0 fully saturated rings. The Morgan fingerprint density at radius 2 is 1.90 bits per heavy atom. The van der Waals surface area contributed by atoms with E-state index in [1.807, 2.05) is 18.2 Å².